The molecular weight excluding hydrogens is 388 g/mol. The van der Waals surface area contributed by atoms with E-state index in [4.69, 9.17) is 4.74 Å². The Morgan fingerprint density at radius 1 is 0.968 bits per heavy atom. The van der Waals surface area contributed by atoms with E-state index in [-0.39, 0.29) is 35.1 Å². The van der Waals surface area contributed by atoms with Crippen molar-refractivity contribution in [2.24, 2.45) is 46.3 Å². The second-order valence-corrected chi connectivity index (χ2v) is 12.5. The van der Waals surface area contributed by atoms with Crippen molar-refractivity contribution in [1.82, 2.24) is 0 Å². The van der Waals surface area contributed by atoms with Crippen molar-refractivity contribution in [1.29, 1.82) is 0 Å². The number of fused-ring (bicyclic) bond motifs is 5. The Bertz CT molecular complexity index is 662. The van der Waals surface area contributed by atoms with Gasteiger partial charge in [-0.2, -0.15) is 0 Å². The summed E-state index contributed by atoms with van der Waals surface area (Å²) >= 11 is 0. The molecule has 4 aliphatic carbocycles. The Morgan fingerprint density at radius 2 is 1.65 bits per heavy atom. The molecule has 0 saturated heterocycles. The van der Waals surface area contributed by atoms with Crippen LogP contribution in [0.15, 0.2) is 0 Å². The first kappa shape index (κ1) is 23.5. The van der Waals surface area contributed by atoms with Gasteiger partial charge in [0.15, 0.2) is 0 Å². The molecule has 0 heterocycles. The van der Waals surface area contributed by atoms with Gasteiger partial charge < -0.3 is 14.9 Å². The van der Waals surface area contributed by atoms with E-state index < -0.39 is 0 Å². The summed E-state index contributed by atoms with van der Waals surface area (Å²) in [6.45, 7) is 11.1. The number of carbonyl (C=O) groups is 1. The molecule has 2 N–H and O–H groups in total. The van der Waals surface area contributed by atoms with Crippen LogP contribution in [0.2, 0.25) is 0 Å². The number of hydrogen-bond acceptors (Lipinski definition) is 4. The highest BCUT2D eigenvalue weighted by Crippen LogP contribution is 2.68. The molecule has 3 unspecified atom stereocenters. The molecule has 0 aliphatic heterocycles. The monoisotopic (exact) mass is 434 g/mol. The molecule has 4 rings (SSSR count). The Hall–Kier alpha value is -0.610. The third kappa shape index (κ3) is 4.09. The average Bonchev–Trinajstić information content (AvgIpc) is 3.04. The van der Waals surface area contributed by atoms with E-state index in [1.165, 1.54) is 25.7 Å². The molecule has 31 heavy (non-hydrogen) atoms. The smallest absolute Gasteiger partial charge is 0.306 e. The second kappa shape index (κ2) is 8.63. The van der Waals surface area contributed by atoms with E-state index in [1.54, 1.807) is 0 Å². The van der Waals surface area contributed by atoms with Crippen LogP contribution >= 0.6 is 0 Å². The molecule has 0 aromatic heterocycles. The molecule has 4 aliphatic rings. The zero-order valence-electron chi connectivity index (χ0n) is 20.5. The number of carbonyl (C=O) groups excluding carboxylic acids is 1. The Labute approximate surface area is 189 Å². The van der Waals surface area contributed by atoms with Crippen LogP contribution in [0.4, 0.5) is 0 Å². The minimum absolute atomic E-state index is 0.0367. The van der Waals surface area contributed by atoms with Gasteiger partial charge in [-0.1, -0.05) is 20.8 Å². The van der Waals surface area contributed by atoms with Crippen LogP contribution < -0.4 is 0 Å². The van der Waals surface area contributed by atoms with Gasteiger partial charge in [-0.05, 0) is 118 Å². The number of rotatable bonds is 5. The predicted octanol–water partition coefficient (Wildman–Crippen LogP) is 5.34. The van der Waals surface area contributed by atoms with E-state index in [9.17, 15) is 15.0 Å². The molecule has 0 aromatic rings. The van der Waals surface area contributed by atoms with Crippen LogP contribution in [0.5, 0.6) is 0 Å². The molecule has 0 amide bonds. The fourth-order valence-corrected chi connectivity index (χ4v) is 9.04. The summed E-state index contributed by atoms with van der Waals surface area (Å²) in [4.78, 5) is 12.1. The lowest BCUT2D eigenvalue weighted by Crippen LogP contribution is -2.58. The number of hydrogen-bond donors (Lipinski definition) is 2. The van der Waals surface area contributed by atoms with Crippen molar-refractivity contribution in [3.8, 4) is 0 Å². The maximum absolute atomic E-state index is 12.1. The molecular formula is C27H46O4. The lowest BCUT2D eigenvalue weighted by atomic mass is 9.43. The van der Waals surface area contributed by atoms with Crippen molar-refractivity contribution in [2.75, 3.05) is 0 Å². The highest BCUT2D eigenvalue weighted by atomic mass is 16.5. The first-order valence-corrected chi connectivity index (χ1v) is 13.1. The van der Waals surface area contributed by atoms with Gasteiger partial charge in [-0.15, -0.1) is 0 Å². The maximum Gasteiger partial charge on any atom is 0.306 e. The van der Waals surface area contributed by atoms with Crippen LogP contribution in [0, 0.1) is 46.3 Å². The fourth-order valence-electron chi connectivity index (χ4n) is 9.04. The molecule has 0 radical (unpaired) electrons. The molecule has 0 bridgehead atoms. The first-order chi connectivity index (χ1) is 14.6. The minimum atomic E-state index is -0.215. The van der Waals surface area contributed by atoms with E-state index in [1.807, 2.05) is 13.8 Å². The summed E-state index contributed by atoms with van der Waals surface area (Å²) in [6.07, 6.45) is 9.74. The Balaban J connectivity index is 1.47. The highest BCUT2D eigenvalue weighted by molar-refractivity contribution is 5.69. The quantitative estimate of drug-likeness (QED) is 0.573. The van der Waals surface area contributed by atoms with Crippen molar-refractivity contribution >= 4 is 5.97 Å². The van der Waals surface area contributed by atoms with Crippen molar-refractivity contribution in [3.05, 3.63) is 0 Å². The summed E-state index contributed by atoms with van der Waals surface area (Å²) in [6, 6.07) is 0. The lowest BCUT2D eigenvalue weighted by Gasteiger charge is -2.62. The SMILES string of the molecule is CC(C)OC(=O)CC[C@@H](C)[C@H]1CC[C@H]2[C@@H]3C(O)CC4CC(O)CC[C@]4(C)[C@H]3CC[C@]12C. The van der Waals surface area contributed by atoms with Crippen LogP contribution in [-0.2, 0) is 9.53 Å². The molecule has 10 atom stereocenters. The standard InChI is InChI=1S/C27H46O4/c1-16(2)31-24(30)9-6-17(3)20-7-8-21-25-22(11-13-27(20,21)5)26(4)12-10-19(28)14-18(26)15-23(25)29/h16-23,25,28-29H,6-15H2,1-5H3/t17-,18?,19?,20-,21+,22+,23?,25+,26+,27-/m1/s1. The Kier molecular flexibility index (Phi) is 6.55. The molecule has 4 nitrogen and oxygen atoms in total. The lowest BCUT2D eigenvalue weighted by molar-refractivity contribution is -0.174. The van der Waals surface area contributed by atoms with Crippen molar-refractivity contribution in [2.45, 2.75) is 117 Å². The molecule has 0 spiro atoms. The number of aliphatic hydroxyl groups excluding tert-OH is 2. The zero-order chi connectivity index (χ0) is 22.6. The highest BCUT2D eigenvalue weighted by Gasteiger charge is 2.62. The van der Waals surface area contributed by atoms with Crippen LogP contribution in [-0.4, -0.2) is 34.5 Å². The largest absolute Gasteiger partial charge is 0.463 e. The molecule has 4 heteroatoms. The van der Waals surface area contributed by atoms with Crippen LogP contribution in [0.25, 0.3) is 0 Å². The number of esters is 1. The van der Waals surface area contributed by atoms with Crippen LogP contribution in [0.3, 0.4) is 0 Å². The molecule has 0 aromatic carbocycles. The van der Waals surface area contributed by atoms with Gasteiger partial charge >= 0.3 is 5.97 Å². The second-order valence-electron chi connectivity index (χ2n) is 12.5. The van der Waals surface area contributed by atoms with Gasteiger partial charge in [0.05, 0.1) is 18.3 Å². The summed E-state index contributed by atoms with van der Waals surface area (Å²) in [5.41, 5.74) is 0.565. The third-order valence-corrected chi connectivity index (χ3v) is 10.6. The summed E-state index contributed by atoms with van der Waals surface area (Å²) < 4.78 is 5.36. The number of aliphatic hydroxyl groups is 2. The van der Waals surface area contributed by atoms with Crippen LogP contribution in [0.1, 0.15) is 98.8 Å². The van der Waals surface area contributed by atoms with Gasteiger partial charge in [-0.3, -0.25) is 4.79 Å². The average molecular weight is 435 g/mol. The van der Waals surface area contributed by atoms with Gasteiger partial charge in [0.1, 0.15) is 0 Å². The minimum Gasteiger partial charge on any atom is -0.463 e. The van der Waals surface area contributed by atoms with Gasteiger partial charge in [-0.25, -0.2) is 0 Å². The molecule has 178 valence electrons. The predicted molar refractivity (Wildman–Crippen MR) is 122 cm³/mol. The van der Waals surface area contributed by atoms with E-state index in [0.29, 0.717) is 41.9 Å². The maximum atomic E-state index is 12.1. The van der Waals surface area contributed by atoms with E-state index in [0.717, 1.165) is 32.1 Å². The van der Waals surface area contributed by atoms with E-state index in [2.05, 4.69) is 20.8 Å². The van der Waals surface area contributed by atoms with Crippen molar-refractivity contribution < 1.29 is 19.7 Å². The van der Waals surface area contributed by atoms with Gasteiger partial charge in [0, 0.05) is 6.42 Å². The number of ether oxygens (including phenoxy) is 1. The third-order valence-electron chi connectivity index (χ3n) is 10.6. The van der Waals surface area contributed by atoms with Gasteiger partial charge in [0.25, 0.3) is 0 Å². The Morgan fingerprint density at radius 3 is 2.35 bits per heavy atom. The first-order valence-electron chi connectivity index (χ1n) is 13.1. The fraction of sp³-hybridized carbons (Fsp3) is 0.963. The zero-order valence-corrected chi connectivity index (χ0v) is 20.5. The summed E-state index contributed by atoms with van der Waals surface area (Å²) in [5, 5.41) is 21.6. The summed E-state index contributed by atoms with van der Waals surface area (Å²) in [5.74, 6) is 3.17. The topological polar surface area (TPSA) is 66.8 Å². The van der Waals surface area contributed by atoms with E-state index >= 15 is 0 Å². The molecule has 4 fully saturated rings. The normalized spacial score (nSPS) is 47.9. The van der Waals surface area contributed by atoms with Crippen molar-refractivity contribution in [3.63, 3.8) is 0 Å². The summed E-state index contributed by atoms with van der Waals surface area (Å²) in [7, 11) is 0. The van der Waals surface area contributed by atoms with Gasteiger partial charge in [0.2, 0.25) is 0 Å². The molecule has 4 saturated carbocycles.